The summed E-state index contributed by atoms with van der Waals surface area (Å²) in [5.74, 6) is 8.08. The molecule has 0 amide bonds. The molecule has 106 valence electrons. The summed E-state index contributed by atoms with van der Waals surface area (Å²) in [5.41, 5.74) is 3.87. The maximum Gasteiger partial charge on any atom is 0.161 e. The Morgan fingerprint density at radius 1 is 1.25 bits per heavy atom. The fourth-order valence-corrected chi connectivity index (χ4v) is 3.12. The molecule has 1 aromatic carbocycles. The average Bonchev–Trinajstić information content (AvgIpc) is 2.97. The summed E-state index contributed by atoms with van der Waals surface area (Å²) in [5, 5.41) is 1.96. The van der Waals surface area contributed by atoms with Gasteiger partial charge in [-0.3, -0.25) is 5.84 Å². The van der Waals surface area contributed by atoms with E-state index in [1.54, 1.807) is 18.4 Å². The molecule has 2 heterocycles. The summed E-state index contributed by atoms with van der Waals surface area (Å²) in [6.07, 6.45) is 0. The van der Waals surface area contributed by atoms with E-state index in [-0.39, 0.29) is 6.04 Å². The van der Waals surface area contributed by atoms with Gasteiger partial charge in [-0.25, -0.2) is 5.43 Å². The van der Waals surface area contributed by atoms with E-state index in [1.165, 1.54) is 0 Å². The maximum absolute atomic E-state index is 5.71. The van der Waals surface area contributed by atoms with Gasteiger partial charge >= 0.3 is 0 Å². The third-order valence-electron chi connectivity index (χ3n) is 3.18. The Bertz CT molecular complexity index is 600. The van der Waals surface area contributed by atoms with Gasteiger partial charge < -0.3 is 14.2 Å². The maximum atomic E-state index is 5.71. The normalized spacial score (nSPS) is 14.9. The molecule has 1 unspecified atom stereocenters. The first-order valence-electron chi connectivity index (χ1n) is 6.30. The van der Waals surface area contributed by atoms with Crippen LogP contribution in [0.15, 0.2) is 29.6 Å². The van der Waals surface area contributed by atoms with Crippen LogP contribution >= 0.6 is 11.3 Å². The van der Waals surface area contributed by atoms with Crippen molar-refractivity contribution in [2.45, 2.75) is 6.04 Å². The van der Waals surface area contributed by atoms with Crippen LogP contribution in [0.25, 0.3) is 0 Å². The Labute approximate surface area is 121 Å². The third-order valence-corrected chi connectivity index (χ3v) is 4.16. The lowest BCUT2D eigenvalue weighted by molar-refractivity contribution is 0.171. The van der Waals surface area contributed by atoms with Gasteiger partial charge in [-0.05, 0) is 23.8 Å². The number of hydrogen-bond donors (Lipinski definition) is 2. The molecule has 0 radical (unpaired) electrons. The molecule has 0 aliphatic carbocycles. The Morgan fingerprint density at radius 3 is 2.75 bits per heavy atom. The van der Waals surface area contributed by atoms with E-state index in [4.69, 9.17) is 20.1 Å². The molecule has 1 aromatic heterocycles. The monoisotopic (exact) mass is 292 g/mol. The van der Waals surface area contributed by atoms with Gasteiger partial charge in [-0.15, -0.1) is 11.3 Å². The van der Waals surface area contributed by atoms with Gasteiger partial charge in [0.15, 0.2) is 11.5 Å². The molecule has 6 heteroatoms. The fourth-order valence-electron chi connectivity index (χ4n) is 2.17. The number of benzene rings is 1. The quantitative estimate of drug-likeness (QED) is 0.667. The van der Waals surface area contributed by atoms with Crippen LogP contribution in [0.5, 0.6) is 17.2 Å². The lowest BCUT2D eigenvalue weighted by Crippen LogP contribution is -2.28. The van der Waals surface area contributed by atoms with E-state index in [9.17, 15) is 0 Å². The molecule has 0 bridgehead atoms. The van der Waals surface area contributed by atoms with E-state index in [0.29, 0.717) is 13.2 Å². The van der Waals surface area contributed by atoms with Crippen LogP contribution in [0, 0.1) is 0 Å². The lowest BCUT2D eigenvalue weighted by atomic mass is 10.0. The van der Waals surface area contributed by atoms with Crippen LogP contribution in [0.2, 0.25) is 0 Å². The average molecular weight is 292 g/mol. The Kier molecular flexibility index (Phi) is 3.77. The highest BCUT2D eigenvalue weighted by Crippen LogP contribution is 2.36. The number of hydrogen-bond acceptors (Lipinski definition) is 6. The summed E-state index contributed by atoms with van der Waals surface area (Å²) in [6.45, 7) is 1.16. The van der Waals surface area contributed by atoms with E-state index in [1.807, 2.05) is 29.6 Å². The van der Waals surface area contributed by atoms with Crippen molar-refractivity contribution >= 4 is 11.3 Å². The lowest BCUT2D eigenvalue weighted by Gasteiger charge is -2.21. The summed E-state index contributed by atoms with van der Waals surface area (Å²) in [4.78, 5) is 1.08. The topological polar surface area (TPSA) is 65.7 Å². The molecule has 2 aromatic rings. The van der Waals surface area contributed by atoms with Crippen molar-refractivity contribution < 1.29 is 14.2 Å². The zero-order chi connectivity index (χ0) is 13.9. The molecule has 3 rings (SSSR count). The Hall–Kier alpha value is -1.76. The minimum absolute atomic E-state index is 0.0975. The largest absolute Gasteiger partial charge is 0.496 e. The molecule has 0 saturated carbocycles. The van der Waals surface area contributed by atoms with Crippen molar-refractivity contribution in [3.8, 4) is 17.2 Å². The van der Waals surface area contributed by atoms with Gasteiger partial charge in [0.2, 0.25) is 0 Å². The Morgan fingerprint density at radius 2 is 2.05 bits per heavy atom. The fraction of sp³-hybridized carbons (Fsp3) is 0.286. The predicted octanol–water partition coefficient (Wildman–Crippen LogP) is 2.08. The van der Waals surface area contributed by atoms with Crippen molar-refractivity contribution in [2.75, 3.05) is 20.3 Å². The van der Waals surface area contributed by atoms with Crippen molar-refractivity contribution in [3.05, 3.63) is 40.1 Å². The van der Waals surface area contributed by atoms with Crippen LogP contribution in [-0.4, -0.2) is 20.3 Å². The minimum Gasteiger partial charge on any atom is -0.496 e. The van der Waals surface area contributed by atoms with Gasteiger partial charge in [0.25, 0.3) is 0 Å². The molecule has 1 aliphatic rings. The van der Waals surface area contributed by atoms with Crippen LogP contribution in [0.1, 0.15) is 16.5 Å². The number of thiophene rings is 1. The molecule has 0 saturated heterocycles. The second-order valence-corrected chi connectivity index (χ2v) is 5.33. The van der Waals surface area contributed by atoms with Crippen LogP contribution in [-0.2, 0) is 0 Å². The number of ether oxygens (including phenoxy) is 3. The van der Waals surface area contributed by atoms with Crippen molar-refractivity contribution in [3.63, 3.8) is 0 Å². The van der Waals surface area contributed by atoms with Crippen LogP contribution in [0.4, 0.5) is 0 Å². The number of nitrogens with one attached hydrogen (secondary N) is 1. The minimum atomic E-state index is -0.0975. The number of rotatable bonds is 4. The molecular weight excluding hydrogens is 276 g/mol. The number of methoxy groups -OCH3 is 1. The zero-order valence-electron chi connectivity index (χ0n) is 11.1. The molecule has 5 nitrogen and oxygen atoms in total. The number of fused-ring (bicyclic) bond motifs is 1. The SMILES string of the molecule is COc1csc(C(NN)c2ccc3c(c2)OCCO3)c1. The van der Waals surface area contributed by atoms with Gasteiger partial charge in [-0.2, -0.15) is 0 Å². The van der Waals surface area contributed by atoms with Crippen LogP contribution in [0.3, 0.4) is 0 Å². The van der Waals surface area contributed by atoms with Gasteiger partial charge in [0, 0.05) is 10.3 Å². The highest BCUT2D eigenvalue weighted by atomic mass is 32.1. The molecule has 3 N–H and O–H groups in total. The first-order valence-corrected chi connectivity index (χ1v) is 7.18. The summed E-state index contributed by atoms with van der Waals surface area (Å²) in [7, 11) is 1.65. The second kappa shape index (κ2) is 5.70. The zero-order valence-corrected chi connectivity index (χ0v) is 11.9. The van der Waals surface area contributed by atoms with E-state index in [0.717, 1.165) is 27.7 Å². The molecule has 0 spiro atoms. The summed E-state index contributed by atoms with van der Waals surface area (Å²) >= 11 is 1.60. The first-order chi connectivity index (χ1) is 9.81. The molecule has 20 heavy (non-hydrogen) atoms. The highest BCUT2D eigenvalue weighted by Gasteiger charge is 2.19. The first kappa shape index (κ1) is 13.2. The number of nitrogens with two attached hydrogens (primary N) is 1. The van der Waals surface area contributed by atoms with Crippen LogP contribution < -0.4 is 25.5 Å². The van der Waals surface area contributed by atoms with E-state index in [2.05, 4.69) is 5.43 Å². The van der Waals surface area contributed by atoms with Crippen molar-refractivity contribution in [2.24, 2.45) is 5.84 Å². The van der Waals surface area contributed by atoms with Gasteiger partial charge in [-0.1, -0.05) is 6.07 Å². The van der Waals surface area contributed by atoms with Crippen molar-refractivity contribution in [1.29, 1.82) is 0 Å². The molecule has 1 aliphatic heterocycles. The summed E-state index contributed by atoms with van der Waals surface area (Å²) in [6, 6.07) is 7.75. The number of hydrazine groups is 1. The second-order valence-electron chi connectivity index (χ2n) is 4.39. The highest BCUT2D eigenvalue weighted by molar-refractivity contribution is 7.10. The smallest absolute Gasteiger partial charge is 0.161 e. The Balaban J connectivity index is 1.92. The van der Waals surface area contributed by atoms with E-state index < -0.39 is 0 Å². The van der Waals surface area contributed by atoms with Gasteiger partial charge in [0.05, 0.1) is 13.2 Å². The molecule has 1 atom stereocenters. The molecular formula is C14H16N2O3S. The third kappa shape index (κ3) is 2.45. The molecule has 0 fully saturated rings. The summed E-state index contributed by atoms with van der Waals surface area (Å²) < 4.78 is 16.3. The standard InChI is InChI=1S/C14H16N2O3S/c1-17-10-7-13(20-8-10)14(16-15)9-2-3-11-12(6-9)19-5-4-18-11/h2-3,6-8,14,16H,4-5,15H2,1H3. The predicted molar refractivity (Wildman–Crippen MR) is 77.5 cm³/mol. The van der Waals surface area contributed by atoms with Crippen molar-refractivity contribution in [1.82, 2.24) is 5.43 Å². The van der Waals surface area contributed by atoms with Gasteiger partial charge in [0.1, 0.15) is 19.0 Å². The van der Waals surface area contributed by atoms with E-state index >= 15 is 0 Å².